The van der Waals surface area contributed by atoms with Crippen molar-refractivity contribution in [3.05, 3.63) is 23.4 Å². The Bertz CT molecular complexity index is 503. The Morgan fingerprint density at radius 3 is 2.86 bits per heavy atom. The quantitative estimate of drug-likeness (QED) is 0.795. The van der Waals surface area contributed by atoms with Gasteiger partial charge < -0.3 is 4.90 Å². The van der Waals surface area contributed by atoms with E-state index >= 15 is 0 Å². The van der Waals surface area contributed by atoms with Gasteiger partial charge in [-0.05, 0) is 49.9 Å². The number of rotatable bonds is 3. The third-order valence-electron chi connectivity index (χ3n) is 4.87. The first-order valence-corrected chi connectivity index (χ1v) is 8.69. The summed E-state index contributed by atoms with van der Waals surface area (Å²) in [7, 11) is 0. The van der Waals surface area contributed by atoms with Crippen LogP contribution in [-0.4, -0.2) is 41.6 Å². The molecule has 3 rings (SSSR count). The Balaban J connectivity index is 1.89. The molecule has 3 nitrogen and oxygen atoms in total. The fourth-order valence-electron chi connectivity index (χ4n) is 3.62. The Hall–Kier alpha value is -0.800. The fraction of sp³-hybridized carbons (Fsp3) is 0.706. The van der Waals surface area contributed by atoms with Crippen molar-refractivity contribution in [1.29, 1.82) is 0 Å². The molecule has 1 aromatic rings. The van der Waals surface area contributed by atoms with E-state index in [1.54, 1.807) is 0 Å². The maximum absolute atomic E-state index is 6.09. The predicted molar refractivity (Wildman–Crippen MR) is 89.3 cm³/mol. The standard InChI is InChI=1S/C17H26ClN3/c1-12(2)16-7-14(9-18)8-17(19-16)21-11-15-5-4-6-20(15)10-13(21)3/h7-8,12-13,15H,4-6,9-11H2,1-3H3. The van der Waals surface area contributed by atoms with Gasteiger partial charge in [0, 0.05) is 36.7 Å². The predicted octanol–water partition coefficient (Wildman–Crippen LogP) is 3.62. The first-order valence-electron chi connectivity index (χ1n) is 8.16. The van der Waals surface area contributed by atoms with Gasteiger partial charge in [0.05, 0.1) is 0 Å². The molecule has 0 saturated carbocycles. The van der Waals surface area contributed by atoms with Crippen LogP contribution in [0.2, 0.25) is 0 Å². The molecule has 0 aliphatic carbocycles. The van der Waals surface area contributed by atoms with Gasteiger partial charge in [-0.1, -0.05) is 13.8 Å². The number of anilines is 1. The van der Waals surface area contributed by atoms with E-state index in [2.05, 4.69) is 42.7 Å². The number of hydrogen-bond acceptors (Lipinski definition) is 3. The van der Waals surface area contributed by atoms with Crippen LogP contribution in [-0.2, 0) is 5.88 Å². The second-order valence-electron chi connectivity index (χ2n) is 6.84. The van der Waals surface area contributed by atoms with Crippen molar-refractivity contribution < 1.29 is 0 Å². The first kappa shape index (κ1) is 15.1. The molecule has 2 fully saturated rings. The Labute approximate surface area is 133 Å². The summed E-state index contributed by atoms with van der Waals surface area (Å²) in [6.07, 6.45) is 2.67. The van der Waals surface area contributed by atoms with Gasteiger partial charge in [0.25, 0.3) is 0 Å². The molecule has 2 saturated heterocycles. The highest BCUT2D eigenvalue weighted by molar-refractivity contribution is 6.17. The van der Waals surface area contributed by atoms with E-state index < -0.39 is 0 Å². The second kappa shape index (κ2) is 6.13. The molecule has 3 heterocycles. The summed E-state index contributed by atoms with van der Waals surface area (Å²) in [5, 5.41) is 0. The van der Waals surface area contributed by atoms with E-state index in [9.17, 15) is 0 Å². The molecule has 0 amide bonds. The van der Waals surface area contributed by atoms with E-state index in [1.807, 2.05) is 0 Å². The lowest BCUT2D eigenvalue weighted by molar-refractivity contribution is 0.202. The lowest BCUT2D eigenvalue weighted by Gasteiger charge is -2.43. The molecule has 116 valence electrons. The van der Waals surface area contributed by atoms with E-state index in [1.165, 1.54) is 24.9 Å². The van der Waals surface area contributed by atoms with Crippen LogP contribution in [0.5, 0.6) is 0 Å². The SMILES string of the molecule is CC(C)c1cc(CCl)cc(N2CC3CCCN3CC2C)n1. The smallest absolute Gasteiger partial charge is 0.129 e. The molecule has 4 heteroatoms. The number of aromatic nitrogens is 1. The monoisotopic (exact) mass is 307 g/mol. The molecule has 0 aromatic carbocycles. The van der Waals surface area contributed by atoms with Crippen molar-refractivity contribution in [3.63, 3.8) is 0 Å². The number of nitrogens with zero attached hydrogens (tertiary/aromatic N) is 3. The topological polar surface area (TPSA) is 19.4 Å². The summed E-state index contributed by atoms with van der Waals surface area (Å²) >= 11 is 6.09. The summed E-state index contributed by atoms with van der Waals surface area (Å²) < 4.78 is 0. The minimum atomic E-state index is 0.440. The minimum absolute atomic E-state index is 0.440. The van der Waals surface area contributed by atoms with Crippen molar-refractivity contribution in [2.75, 3.05) is 24.5 Å². The molecule has 2 aliphatic heterocycles. The molecule has 0 radical (unpaired) electrons. The fourth-order valence-corrected chi connectivity index (χ4v) is 3.78. The minimum Gasteiger partial charge on any atom is -0.351 e. The van der Waals surface area contributed by atoms with Gasteiger partial charge in [0.15, 0.2) is 0 Å². The van der Waals surface area contributed by atoms with Crippen LogP contribution >= 0.6 is 11.6 Å². The molecule has 2 atom stereocenters. The molecule has 1 aromatic heterocycles. The van der Waals surface area contributed by atoms with E-state index in [0.29, 0.717) is 23.9 Å². The van der Waals surface area contributed by atoms with Crippen LogP contribution in [0.4, 0.5) is 5.82 Å². The number of fused-ring (bicyclic) bond motifs is 1. The van der Waals surface area contributed by atoms with Gasteiger partial charge in [-0.15, -0.1) is 11.6 Å². The van der Waals surface area contributed by atoms with Crippen LogP contribution < -0.4 is 4.90 Å². The Morgan fingerprint density at radius 1 is 1.33 bits per heavy atom. The highest BCUT2D eigenvalue weighted by Crippen LogP contribution is 2.29. The van der Waals surface area contributed by atoms with Crippen molar-refractivity contribution in [2.45, 2.75) is 57.5 Å². The summed E-state index contributed by atoms with van der Waals surface area (Å²) in [5.74, 6) is 2.12. The van der Waals surface area contributed by atoms with Crippen molar-refractivity contribution >= 4 is 17.4 Å². The lowest BCUT2D eigenvalue weighted by Crippen LogP contribution is -2.55. The molecular formula is C17H26ClN3. The average Bonchev–Trinajstić information content (AvgIpc) is 2.92. The third-order valence-corrected chi connectivity index (χ3v) is 5.18. The number of hydrogen-bond donors (Lipinski definition) is 0. The van der Waals surface area contributed by atoms with Crippen molar-refractivity contribution in [2.24, 2.45) is 0 Å². The first-order chi connectivity index (χ1) is 10.1. The van der Waals surface area contributed by atoms with Gasteiger partial charge >= 0.3 is 0 Å². The summed E-state index contributed by atoms with van der Waals surface area (Å²) in [6, 6.07) is 5.57. The van der Waals surface area contributed by atoms with Gasteiger partial charge in [-0.25, -0.2) is 4.98 Å². The number of alkyl halides is 1. The highest BCUT2D eigenvalue weighted by atomic mass is 35.5. The van der Waals surface area contributed by atoms with Gasteiger partial charge in [-0.3, -0.25) is 4.90 Å². The normalized spacial score (nSPS) is 26.4. The van der Waals surface area contributed by atoms with Crippen LogP contribution in [0, 0.1) is 0 Å². The van der Waals surface area contributed by atoms with Crippen LogP contribution in [0.25, 0.3) is 0 Å². The Kier molecular flexibility index (Phi) is 4.41. The van der Waals surface area contributed by atoms with Crippen LogP contribution in [0.1, 0.15) is 50.8 Å². The summed E-state index contributed by atoms with van der Waals surface area (Å²) in [6.45, 7) is 10.3. The van der Waals surface area contributed by atoms with Crippen LogP contribution in [0.15, 0.2) is 12.1 Å². The van der Waals surface area contributed by atoms with E-state index in [4.69, 9.17) is 16.6 Å². The summed E-state index contributed by atoms with van der Waals surface area (Å²) in [4.78, 5) is 10.1. The molecule has 0 bridgehead atoms. The summed E-state index contributed by atoms with van der Waals surface area (Å²) in [5.41, 5.74) is 2.34. The molecule has 0 N–H and O–H groups in total. The zero-order chi connectivity index (χ0) is 15.0. The molecule has 2 aliphatic rings. The molecule has 21 heavy (non-hydrogen) atoms. The Morgan fingerprint density at radius 2 is 2.14 bits per heavy atom. The molecule has 0 spiro atoms. The molecular weight excluding hydrogens is 282 g/mol. The number of halogens is 1. The van der Waals surface area contributed by atoms with Crippen molar-refractivity contribution in [3.8, 4) is 0 Å². The number of piperazine rings is 1. The second-order valence-corrected chi connectivity index (χ2v) is 7.11. The van der Waals surface area contributed by atoms with E-state index in [0.717, 1.165) is 24.6 Å². The van der Waals surface area contributed by atoms with Gasteiger partial charge in [0.2, 0.25) is 0 Å². The average molecular weight is 308 g/mol. The zero-order valence-corrected chi connectivity index (χ0v) is 14.1. The number of pyridine rings is 1. The van der Waals surface area contributed by atoms with E-state index in [-0.39, 0.29) is 0 Å². The lowest BCUT2D eigenvalue weighted by atomic mass is 10.1. The van der Waals surface area contributed by atoms with Crippen LogP contribution in [0.3, 0.4) is 0 Å². The zero-order valence-electron chi connectivity index (χ0n) is 13.3. The van der Waals surface area contributed by atoms with Gasteiger partial charge in [-0.2, -0.15) is 0 Å². The van der Waals surface area contributed by atoms with Gasteiger partial charge in [0.1, 0.15) is 5.82 Å². The third kappa shape index (κ3) is 3.04. The molecule has 2 unspecified atom stereocenters. The highest BCUT2D eigenvalue weighted by Gasteiger charge is 2.35. The largest absolute Gasteiger partial charge is 0.351 e. The maximum Gasteiger partial charge on any atom is 0.129 e. The van der Waals surface area contributed by atoms with Crippen molar-refractivity contribution in [1.82, 2.24) is 9.88 Å². The maximum atomic E-state index is 6.09.